The van der Waals surface area contributed by atoms with Crippen LogP contribution in [0.15, 0.2) is 18.2 Å². The molecule has 0 saturated heterocycles. The quantitative estimate of drug-likeness (QED) is 0.636. The van der Waals surface area contributed by atoms with Gasteiger partial charge in [0.1, 0.15) is 0 Å². The minimum Gasteiger partial charge on any atom is -0.500 e. The zero-order valence-electron chi connectivity index (χ0n) is 7.73. The summed E-state index contributed by atoms with van der Waals surface area (Å²) in [5.41, 5.74) is -0.869. The van der Waals surface area contributed by atoms with Crippen molar-refractivity contribution in [2.24, 2.45) is 0 Å². The van der Waals surface area contributed by atoms with Gasteiger partial charge < -0.3 is 17.7 Å². The number of rotatable bonds is 2. The molecule has 0 aliphatic heterocycles. The molecule has 0 saturated carbocycles. The summed E-state index contributed by atoms with van der Waals surface area (Å²) in [5, 5.41) is -0.327. The molecule has 1 aromatic rings. The van der Waals surface area contributed by atoms with Crippen molar-refractivity contribution in [2.45, 2.75) is 0 Å². The summed E-state index contributed by atoms with van der Waals surface area (Å²) in [7, 11) is 1.18. The summed E-state index contributed by atoms with van der Waals surface area (Å²) in [6, 6.07) is 3.83. The summed E-state index contributed by atoms with van der Waals surface area (Å²) in [6.07, 6.45) is 0. The second kappa shape index (κ2) is 5.77. The van der Waals surface area contributed by atoms with Crippen molar-refractivity contribution >= 4 is 24.0 Å². The maximum Gasteiger partial charge on any atom is 1.00 e. The molecule has 7 heteroatoms. The normalized spacial score (nSPS) is 10.6. The first kappa shape index (κ1) is 14.8. The first-order valence-electron chi connectivity index (χ1n) is 3.49. The number of halogens is 4. The predicted molar refractivity (Wildman–Crippen MR) is 46.7 cm³/mol. The summed E-state index contributed by atoms with van der Waals surface area (Å²) < 4.78 is 41.7. The van der Waals surface area contributed by atoms with Gasteiger partial charge in [0, 0.05) is 5.02 Å². The first-order chi connectivity index (χ1) is 5.96. The largest absolute Gasteiger partial charge is 1.00 e. The Hall–Kier alpha value is 0.801. The van der Waals surface area contributed by atoms with Crippen molar-refractivity contribution in [2.75, 3.05) is 7.11 Å². The topological polar surface area (TPSA) is 9.23 Å². The zero-order valence-corrected chi connectivity index (χ0v) is 11.6. The van der Waals surface area contributed by atoms with Crippen LogP contribution in [0, 0.1) is 0 Å². The van der Waals surface area contributed by atoms with Crippen molar-refractivity contribution in [3.63, 3.8) is 0 Å². The molecule has 1 rings (SSSR count). The summed E-state index contributed by atoms with van der Waals surface area (Å²) in [5.74, 6) is -0.236. The van der Waals surface area contributed by atoms with Gasteiger partial charge in [-0.15, -0.1) is 0 Å². The number of hydrogen-bond donors (Lipinski definition) is 0. The van der Waals surface area contributed by atoms with Gasteiger partial charge in [-0.05, 0) is 17.6 Å². The molecule has 0 N–H and O–H groups in total. The number of benzene rings is 1. The molecule has 0 heterocycles. The molecular weight excluding hydrogens is 242 g/mol. The van der Waals surface area contributed by atoms with E-state index < -0.39 is 12.4 Å². The van der Waals surface area contributed by atoms with Gasteiger partial charge in [0.25, 0.3) is 0 Å². The predicted octanol–water partition coefficient (Wildman–Crippen LogP) is -0.593. The standard InChI is InChI=1S/C7H6BClF3O.K/c1-13-6-4-2-3-5(9)7(6)8(10,11)12;/h2-4H,1H3;/q-1;+1. The van der Waals surface area contributed by atoms with Crippen LogP contribution in [0.1, 0.15) is 0 Å². The van der Waals surface area contributed by atoms with Crippen LogP contribution in [0.2, 0.25) is 5.02 Å². The van der Waals surface area contributed by atoms with Crippen LogP contribution in [-0.2, 0) is 0 Å². The number of methoxy groups -OCH3 is 1. The molecule has 0 unspecified atom stereocenters. The number of hydrogen-bond acceptors (Lipinski definition) is 1. The molecule has 1 nitrogen and oxygen atoms in total. The third-order valence-corrected chi connectivity index (χ3v) is 1.89. The SMILES string of the molecule is COc1cccc(Cl)c1[B-](F)(F)F.[K+]. The van der Waals surface area contributed by atoms with Crippen LogP contribution in [0.3, 0.4) is 0 Å². The monoisotopic (exact) mass is 248 g/mol. The van der Waals surface area contributed by atoms with Crippen LogP contribution in [-0.4, -0.2) is 14.1 Å². The number of ether oxygens (including phenoxy) is 1. The van der Waals surface area contributed by atoms with Crippen LogP contribution < -0.4 is 61.6 Å². The molecule has 0 fully saturated rings. The molecule has 0 radical (unpaired) electrons. The van der Waals surface area contributed by atoms with Gasteiger partial charge in [-0.1, -0.05) is 17.7 Å². The van der Waals surface area contributed by atoms with Gasteiger partial charge in [-0.3, -0.25) is 0 Å². The van der Waals surface area contributed by atoms with E-state index in [9.17, 15) is 12.9 Å². The minimum atomic E-state index is -5.12. The molecular formula is C7H6BClF3KO. The fourth-order valence-electron chi connectivity index (χ4n) is 1.01. The third-order valence-electron chi connectivity index (χ3n) is 1.56. The maximum atomic E-state index is 12.4. The summed E-state index contributed by atoms with van der Waals surface area (Å²) in [4.78, 5) is 0. The van der Waals surface area contributed by atoms with E-state index in [0.29, 0.717) is 0 Å². The molecule has 0 aromatic heterocycles. The fraction of sp³-hybridized carbons (Fsp3) is 0.143. The fourth-order valence-corrected chi connectivity index (χ4v) is 1.30. The Kier molecular flexibility index (Phi) is 6.10. The molecule has 0 atom stereocenters. The smallest absolute Gasteiger partial charge is 0.500 e. The average Bonchev–Trinajstić information content (AvgIpc) is 2.01. The van der Waals surface area contributed by atoms with Gasteiger partial charge >= 0.3 is 58.4 Å². The third kappa shape index (κ3) is 3.43. The van der Waals surface area contributed by atoms with Gasteiger partial charge in [0.15, 0.2) is 0 Å². The second-order valence-corrected chi connectivity index (χ2v) is 2.84. The van der Waals surface area contributed by atoms with Gasteiger partial charge in [-0.2, -0.15) is 0 Å². The van der Waals surface area contributed by atoms with E-state index in [2.05, 4.69) is 4.74 Å². The Bertz CT molecular complexity index is 318. The second-order valence-electron chi connectivity index (χ2n) is 2.43. The van der Waals surface area contributed by atoms with Gasteiger partial charge in [-0.25, -0.2) is 0 Å². The molecule has 0 bridgehead atoms. The molecule has 0 spiro atoms. The van der Waals surface area contributed by atoms with Crippen LogP contribution in [0.4, 0.5) is 12.9 Å². The van der Waals surface area contributed by atoms with Crippen molar-refractivity contribution < 1.29 is 69.1 Å². The van der Waals surface area contributed by atoms with E-state index >= 15 is 0 Å². The van der Waals surface area contributed by atoms with Crippen molar-refractivity contribution in [3.05, 3.63) is 23.2 Å². The molecule has 1 aromatic carbocycles. The van der Waals surface area contributed by atoms with E-state index in [1.165, 1.54) is 25.3 Å². The zero-order chi connectivity index (χ0) is 10.1. The summed E-state index contributed by atoms with van der Waals surface area (Å²) >= 11 is 5.41. The molecule has 72 valence electrons. The summed E-state index contributed by atoms with van der Waals surface area (Å²) in [6.45, 7) is -5.12. The van der Waals surface area contributed by atoms with Crippen molar-refractivity contribution in [1.29, 1.82) is 0 Å². The van der Waals surface area contributed by atoms with Crippen molar-refractivity contribution in [3.8, 4) is 5.75 Å². The maximum absolute atomic E-state index is 12.4. The molecule has 14 heavy (non-hydrogen) atoms. The van der Waals surface area contributed by atoms with Crippen molar-refractivity contribution in [1.82, 2.24) is 0 Å². The van der Waals surface area contributed by atoms with E-state index in [0.717, 1.165) is 0 Å². The van der Waals surface area contributed by atoms with Crippen LogP contribution in [0.25, 0.3) is 0 Å². The van der Waals surface area contributed by atoms with Crippen LogP contribution >= 0.6 is 11.6 Å². The Morgan fingerprint density at radius 2 is 1.86 bits per heavy atom. The van der Waals surface area contributed by atoms with Crippen LogP contribution in [0.5, 0.6) is 5.75 Å². The Morgan fingerprint density at radius 3 is 2.21 bits per heavy atom. The van der Waals surface area contributed by atoms with E-state index in [4.69, 9.17) is 11.6 Å². The molecule has 0 aliphatic carbocycles. The van der Waals surface area contributed by atoms with E-state index in [1.807, 2.05) is 0 Å². The Morgan fingerprint density at radius 1 is 1.29 bits per heavy atom. The van der Waals surface area contributed by atoms with E-state index in [-0.39, 0.29) is 62.2 Å². The first-order valence-corrected chi connectivity index (χ1v) is 3.87. The van der Waals surface area contributed by atoms with Gasteiger partial charge in [0.05, 0.1) is 12.9 Å². The average molecular weight is 248 g/mol. The molecule has 0 aliphatic rings. The van der Waals surface area contributed by atoms with E-state index in [1.54, 1.807) is 0 Å². The Balaban J connectivity index is 0.00000169. The van der Waals surface area contributed by atoms with Gasteiger partial charge in [0.2, 0.25) is 0 Å². The minimum absolute atomic E-state index is 0. The molecule has 0 amide bonds. The Labute approximate surface area is 127 Å².